The van der Waals surface area contributed by atoms with Crippen LogP contribution in [0.4, 0.5) is 0 Å². The predicted molar refractivity (Wildman–Crippen MR) is 44.4 cm³/mol. The number of carboxylic acids is 1. The van der Waals surface area contributed by atoms with E-state index in [-0.39, 0.29) is 12.9 Å². The van der Waals surface area contributed by atoms with Crippen LogP contribution in [0.25, 0.3) is 0 Å². The average molecular weight is 204 g/mol. The van der Waals surface area contributed by atoms with E-state index in [9.17, 15) is 14.4 Å². The molecular weight excluding hydrogens is 192 g/mol. The van der Waals surface area contributed by atoms with Crippen LogP contribution in [-0.2, 0) is 23.9 Å². The molecule has 0 heterocycles. The molecule has 0 aromatic carbocycles. The first-order valence-electron chi connectivity index (χ1n) is 4.09. The van der Waals surface area contributed by atoms with E-state index in [2.05, 4.69) is 9.47 Å². The van der Waals surface area contributed by atoms with Crippen molar-refractivity contribution in [3.63, 3.8) is 0 Å². The van der Waals surface area contributed by atoms with Gasteiger partial charge in [0.05, 0.1) is 0 Å². The average Bonchev–Trinajstić information content (AvgIpc) is 2.14. The van der Waals surface area contributed by atoms with Gasteiger partial charge in [0, 0.05) is 0 Å². The number of carboxylic acid groups (broad SMARTS) is 1. The van der Waals surface area contributed by atoms with Crippen molar-refractivity contribution in [1.82, 2.24) is 0 Å². The molecule has 0 fully saturated rings. The van der Waals surface area contributed by atoms with Gasteiger partial charge < -0.3 is 14.6 Å². The summed E-state index contributed by atoms with van der Waals surface area (Å²) in [5.41, 5.74) is 0. The number of esters is 1. The molecule has 6 heteroatoms. The molecule has 1 atom stereocenters. The molecule has 0 aromatic heterocycles. The molecule has 80 valence electrons. The SMILES string of the molecule is CCCC(OC(=O)COC=O)C(=O)O. The van der Waals surface area contributed by atoms with Crippen molar-refractivity contribution in [2.24, 2.45) is 0 Å². The summed E-state index contributed by atoms with van der Waals surface area (Å²) in [5, 5.41) is 8.59. The molecule has 0 aliphatic rings. The summed E-state index contributed by atoms with van der Waals surface area (Å²) >= 11 is 0. The van der Waals surface area contributed by atoms with E-state index in [1.165, 1.54) is 0 Å². The highest BCUT2D eigenvalue weighted by molar-refractivity contribution is 5.78. The fourth-order valence-corrected chi connectivity index (χ4v) is 0.790. The van der Waals surface area contributed by atoms with Gasteiger partial charge in [0.2, 0.25) is 0 Å². The Balaban J connectivity index is 3.95. The largest absolute Gasteiger partial charge is 0.479 e. The molecule has 0 spiro atoms. The minimum absolute atomic E-state index is 0.0941. The summed E-state index contributed by atoms with van der Waals surface area (Å²) in [5.74, 6) is -2.07. The molecule has 1 N–H and O–H groups in total. The number of aliphatic carboxylic acids is 1. The third kappa shape index (κ3) is 5.13. The van der Waals surface area contributed by atoms with Crippen LogP contribution in [0.2, 0.25) is 0 Å². The predicted octanol–water partition coefficient (Wildman–Crippen LogP) is -0.0441. The first-order valence-corrected chi connectivity index (χ1v) is 4.09. The number of ether oxygens (including phenoxy) is 2. The van der Waals surface area contributed by atoms with Crippen molar-refractivity contribution in [2.45, 2.75) is 25.9 Å². The normalized spacial score (nSPS) is 11.5. The summed E-state index contributed by atoms with van der Waals surface area (Å²) in [6.07, 6.45) is -0.344. The maximum absolute atomic E-state index is 10.8. The van der Waals surface area contributed by atoms with Crippen LogP contribution < -0.4 is 0 Å². The van der Waals surface area contributed by atoms with Crippen molar-refractivity contribution in [3.05, 3.63) is 0 Å². The fraction of sp³-hybridized carbons (Fsp3) is 0.625. The lowest BCUT2D eigenvalue weighted by Crippen LogP contribution is -2.28. The van der Waals surface area contributed by atoms with Gasteiger partial charge in [-0.1, -0.05) is 13.3 Å². The van der Waals surface area contributed by atoms with Crippen molar-refractivity contribution in [1.29, 1.82) is 0 Å². The van der Waals surface area contributed by atoms with Crippen molar-refractivity contribution in [2.75, 3.05) is 6.61 Å². The number of hydrogen-bond donors (Lipinski definition) is 1. The van der Waals surface area contributed by atoms with E-state index >= 15 is 0 Å². The van der Waals surface area contributed by atoms with Gasteiger partial charge in [-0.05, 0) is 6.42 Å². The van der Waals surface area contributed by atoms with E-state index in [4.69, 9.17) is 5.11 Å². The second-order valence-corrected chi connectivity index (χ2v) is 2.51. The van der Waals surface area contributed by atoms with E-state index in [1.54, 1.807) is 6.92 Å². The standard InChI is InChI=1S/C8H12O6/c1-2-3-6(8(11)12)14-7(10)4-13-5-9/h5-6H,2-4H2,1H3,(H,11,12). The molecule has 0 aliphatic carbocycles. The quantitative estimate of drug-likeness (QED) is 0.462. The van der Waals surface area contributed by atoms with Crippen molar-refractivity contribution in [3.8, 4) is 0 Å². The van der Waals surface area contributed by atoms with Crippen LogP contribution >= 0.6 is 0 Å². The van der Waals surface area contributed by atoms with Crippen LogP contribution in [0, 0.1) is 0 Å². The van der Waals surface area contributed by atoms with Gasteiger partial charge in [-0.2, -0.15) is 0 Å². The molecule has 0 bridgehead atoms. The molecule has 0 aromatic rings. The smallest absolute Gasteiger partial charge is 0.345 e. The fourth-order valence-electron chi connectivity index (χ4n) is 0.790. The van der Waals surface area contributed by atoms with Gasteiger partial charge in [0.25, 0.3) is 6.47 Å². The first-order chi connectivity index (χ1) is 6.61. The van der Waals surface area contributed by atoms with Gasteiger partial charge in [-0.15, -0.1) is 0 Å². The van der Waals surface area contributed by atoms with E-state index in [0.717, 1.165) is 0 Å². The highest BCUT2D eigenvalue weighted by atomic mass is 16.6. The molecule has 0 aliphatic heterocycles. The summed E-state index contributed by atoms with van der Waals surface area (Å²) in [6.45, 7) is 1.31. The topological polar surface area (TPSA) is 89.9 Å². The molecular formula is C8H12O6. The van der Waals surface area contributed by atoms with Gasteiger partial charge in [0.15, 0.2) is 12.7 Å². The highest BCUT2D eigenvalue weighted by Gasteiger charge is 2.20. The van der Waals surface area contributed by atoms with Gasteiger partial charge in [-0.25, -0.2) is 9.59 Å². The maximum Gasteiger partial charge on any atom is 0.345 e. The molecule has 14 heavy (non-hydrogen) atoms. The maximum atomic E-state index is 10.8. The third-order valence-corrected chi connectivity index (χ3v) is 1.37. The summed E-state index contributed by atoms with van der Waals surface area (Å²) in [7, 11) is 0. The van der Waals surface area contributed by atoms with Crippen LogP contribution in [-0.4, -0.2) is 36.2 Å². The Kier molecular flexibility index (Phi) is 6.09. The number of carbonyl (C=O) groups excluding carboxylic acids is 2. The van der Waals surface area contributed by atoms with Crippen LogP contribution in [0.15, 0.2) is 0 Å². The van der Waals surface area contributed by atoms with E-state index < -0.39 is 24.6 Å². The molecule has 0 saturated carbocycles. The Morgan fingerprint density at radius 3 is 2.57 bits per heavy atom. The van der Waals surface area contributed by atoms with Gasteiger partial charge >= 0.3 is 11.9 Å². The van der Waals surface area contributed by atoms with Gasteiger partial charge in [-0.3, -0.25) is 4.79 Å². The van der Waals surface area contributed by atoms with Crippen molar-refractivity contribution >= 4 is 18.4 Å². The second-order valence-electron chi connectivity index (χ2n) is 2.51. The Morgan fingerprint density at radius 1 is 1.50 bits per heavy atom. The Hall–Kier alpha value is -1.59. The Labute approximate surface area is 80.8 Å². The zero-order valence-corrected chi connectivity index (χ0v) is 7.76. The molecule has 0 rings (SSSR count). The van der Waals surface area contributed by atoms with Gasteiger partial charge in [0.1, 0.15) is 0 Å². The van der Waals surface area contributed by atoms with Crippen LogP contribution in [0.1, 0.15) is 19.8 Å². The highest BCUT2D eigenvalue weighted by Crippen LogP contribution is 2.02. The second kappa shape index (κ2) is 6.88. The molecule has 1 unspecified atom stereocenters. The number of carbonyl (C=O) groups is 3. The zero-order chi connectivity index (χ0) is 11.0. The summed E-state index contributed by atoms with van der Waals surface area (Å²) in [4.78, 5) is 31.0. The monoisotopic (exact) mass is 204 g/mol. The minimum Gasteiger partial charge on any atom is -0.479 e. The Morgan fingerprint density at radius 2 is 2.14 bits per heavy atom. The molecule has 0 amide bonds. The molecule has 6 nitrogen and oxygen atoms in total. The van der Waals surface area contributed by atoms with E-state index in [0.29, 0.717) is 6.42 Å². The molecule has 0 saturated heterocycles. The first kappa shape index (κ1) is 12.4. The third-order valence-electron chi connectivity index (χ3n) is 1.37. The van der Waals surface area contributed by atoms with E-state index in [1.807, 2.05) is 0 Å². The lowest BCUT2D eigenvalue weighted by Gasteiger charge is -2.11. The lowest BCUT2D eigenvalue weighted by atomic mass is 10.2. The van der Waals surface area contributed by atoms with Crippen molar-refractivity contribution < 1.29 is 29.0 Å². The Bertz CT molecular complexity index is 212. The number of rotatable bonds is 7. The number of hydrogen-bond acceptors (Lipinski definition) is 5. The van der Waals surface area contributed by atoms with Crippen LogP contribution in [0.3, 0.4) is 0 Å². The van der Waals surface area contributed by atoms with Crippen LogP contribution in [0.5, 0.6) is 0 Å². The lowest BCUT2D eigenvalue weighted by molar-refractivity contribution is -0.168. The summed E-state index contributed by atoms with van der Waals surface area (Å²) in [6, 6.07) is 0. The molecule has 0 radical (unpaired) electrons. The minimum atomic E-state index is -1.20. The summed E-state index contributed by atoms with van der Waals surface area (Å²) < 4.78 is 8.64. The zero-order valence-electron chi connectivity index (χ0n) is 7.76.